The first-order valence-electron chi connectivity index (χ1n) is 9.17. The standard InChI is InChI=1S/C20H26N2O4/c1-2-12-26-20(25)22(14-15-8-10-21(11-9-15)19(23)24)18-13-17(18)16-6-4-3-5-7-16/h2-7,15,17-18H,1,8-14H2,(H,23,24)/t17-,18+/m0/s1. The van der Waals surface area contributed by atoms with Gasteiger partial charge < -0.3 is 19.6 Å². The number of ether oxygens (including phenoxy) is 1. The first-order valence-corrected chi connectivity index (χ1v) is 9.17. The molecule has 26 heavy (non-hydrogen) atoms. The maximum Gasteiger partial charge on any atom is 0.410 e. The Morgan fingerprint density at radius 1 is 1.27 bits per heavy atom. The Kier molecular flexibility index (Phi) is 5.81. The highest BCUT2D eigenvalue weighted by atomic mass is 16.6. The monoisotopic (exact) mass is 358 g/mol. The van der Waals surface area contributed by atoms with Crippen LogP contribution in [0.5, 0.6) is 0 Å². The van der Waals surface area contributed by atoms with Crippen molar-refractivity contribution in [2.45, 2.75) is 31.2 Å². The van der Waals surface area contributed by atoms with Crippen LogP contribution in [-0.2, 0) is 4.74 Å². The van der Waals surface area contributed by atoms with Crippen molar-refractivity contribution in [2.24, 2.45) is 5.92 Å². The lowest BCUT2D eigenvalue weighted by Gasteiger charge is -2.33. The fourth-order valence-electron chi connectivity index (χ4n) is 3.73. The quantitative estimate of drug-likeness (QED) is 0.790. The van der Waals surface area contributed by atoms with Crippen LogP contribution in [0.3, 0.4) is 0 Å². The second-order valence-electron chi connectivity index (χ2n) is 7.05. The minimum absolute atomic E-state index is 0.159. The third-order valence-corrected chi connectivity index (χ3v) is 5.28. The molecule has 3 rings (SSSR count). The van der Waals surface area contributed by atoms with Crippen LogP contribution in [0.15, 0.2) is 43.0 Å². The number of carbonyl (C=O) groups excluding carboxylic acids is 1. The van der Waals surface area contributed by atoms with Crippen LogP contribution in [0.1, 0.15) is 30.7 Å². The van der Waals surface area contributed by atoms with Gasteiger partial charge in [-0.3, -0.25) is 0 Å². The second kappa shape index (κ2) is 8.25. The van der Waals surface area contributed by atoms with E-state index < -0.39 is 6.09 Å². The van der Waals surface area contributed by atoms with Crippen molar-refractivity contribution in [3.05, 3.63) is 48.6 Å². The molecule has 2 amide bonds. The third-order valence-electron chi connectivity index (χ3n) is 5.28. The Hall–Kier alpha value is -2.50. The molecule has 2 atom stereocenters. The summed E-state index contributed by atoms with van der Waals surface area (Å²) in [5.74, 6) is 0.658. The van der Waals surface area contributed by atoms with Crippen molar-refractivity contribution in [2.75, 3.05) is 26.2 Å². The summed E-state index contributed by atoms with van der Waals surface area (Å²) < 4.78 is 5.30. The molecular formula is C20H26N2O4. The van der Waals surface area contributed by atoms with Crippen molar-refractivity contribution in [1.82, 2.24) is 9.80 Å². The van der Waals surface area contributed by atoms with Gasteiger partial charge in [-0.05, 0) is 30.7 Å². The zero-order valence-corrected chi connectivity index (χ0v) is 14.9. The molecule has 6 heteroatoms. The Balaban J connectivity index is 1.62. The summed E-state index contributed by atoms with van der Waals surface area (Å²) in [6.45, 7) is 5.49. The molecule has 140 valence electrons. The zero-order chi connectivity index (χ0) is 18.5. The van der Waals surface area contributed by atoms with E-state index in [1.54, 1.807) is 6.08 Å². The molecule has 2 fully saturated rings. The van der Waals surface area contributed by atoms with Crippen molar-refractivity contribution in [1.29, 1.82) is 0 Å². The SMILES string of the molecule is C=CCOC(=O)N(CC1CCN(C(=O)O)CC1)[C@@H]1C[C@H]1c1ccccc1. The molecule has 0 unspecified atom stereocenters. The predicted octanol–water partition coefficient (Wildman–Crippen LogP) is 3.56. The minimum atomic E-state index is -0.864. The van der Waals surface area contributed by atoms with Crippen LogP contribution < -0.4 is 0 Å². The number of piperidine rings is 1. The molecule has 1 aromatic rings. The largest absolute Gasteiger partial charge is 0.465 e. The fraction of sp³-hybridized carbons (Fsp3) is 0.500. The lowest BCUT2D eigenvalue weighted by atomic mass is 9.96. The van der Waals surface area contributed by atoms with Crippen molar-refractivity contribution >= 4 is 12.2 Å². The van der Waals surface area contributed by atoms with E-state index in [4.69, 9.17) is 9.84 Å². The van der Waals surface area contributed by atoms with E-state index in [2.05, 4.69) is 18.7 Å². The summed E-state index contributed by atoms with van der Waals surface area (Å²) in [4.78, 5) is 26.9. The van der Waals surface area contributed by atoms with Gasteiger partial charge in [0.05, 0.1) is 0 Å². The summed E-state index contributed by atoms with van der Waals surface area (Å²) in [6, 6.07) is 10.4. The number of rotatable bonds is 6. The molecule has 1 N–H and O–H groups in total. The van der Waals surface area contributed by atoms with Crippen LogP contribution in [0.2, 0.25) is 0 Å². The summed E-state index contributed by atoms with van der Waals surface area (Å²) in [5.41, 5.74) is 1.25. The smallest absolute Gasteiger partial charge is 0.410 e. The number of likely N-dealkylation sites (tertiary alicyclic amines) is 1. The van der Waals surface area contributed by atoms with Gasteiger partial charge in [-0.15, -0.1) is 0 Å². The Labute approximate surface area is 154 Å². The molecule has 6 nitrogen and oxygen atoms in total. The van der Waals surface area contributed by atoms with Gasteiger partial charge in [-0.1, -0.05) is 43.0 Å². The van der Waals surface area contributed by atoms with Crippen LogP contribution in [0, 0.1) is 5.92 Å². The molecule has 1 saturated heterocycles. The van der Waals surface area contributed by atoms with Crippen molar-refractivity contribution in [3.8, 4) is 0 Å². The summed E-state index contributed by atoms with van der Waals surface area (Å²) in [5, 5.41) is 9.08. The van der Waals surface area contributed by atoms with Gasteiger partial charge >= 0.3 is 12.2 Å². The topological polar surface area (TPSA) is 70.1 Å². The maximum atomic E-state index is 12.6. The highest BCUT2D eigenvalue weighted by Crippen LogP contribution is 2.45. The zero-order valence-electron chi connectivity index (χ0n) is 14.9. The van der Waals surface area contributed by atoms with Gasteiger partial charge in [0.15, 0.2) is 0 Å². The van der Waals surface area contributed by atoms with Gasteiger partial charge in [0.25, 0.3) is 0 Å². The van der Waals surface area contributed by atoms with Crippen LogP contribution in [0.4, 0.5) is 9.59 Å². The van der Waals surface area contributed by atoms with E-state index in [0.29, 0.717) is 31.5 Å². The second-order valence-corrected chi connectivity index (χ2v) is 7.05. The van der Waals surface area contributed by atoms with E-state index in [1.165, 1.54) is 10.5 Å². The highest BCUT2D eigenvalue weighted by Gasteiger charge is 2.46. The van der Waals surface area contributed by atoms with Crippen molar-refractivity contribution in [3.63, 3.8) is 0 Å². The predicted molar refractivity (Wildman–Crippen MR) is 98.2 cm³/mol. The normalized spacial score (nSPS) is 22.5. The Morgan fingerprint density at radius 2 is 1.96 bits per heavy atom. The molecule has 1 aromatic carbocycles. The van der Waals surface area contributed by atoms with E-state index >= 15 is 0 Å². The number of carbonyl (C=O) groups is 2. The van der Waals surface area contributed by atoms with E-state index in [1.807, 2.05) is 23.1 Å². The fourth-order valence-corrected chi connectivity index (χ4v) is 3.73. The number of benzene rings is 1. The molecule has 0 radical (unpaired) electrons. The summed E-state index contributed by atoms with van der Waals surface area (Å²) >= 11 is 0. The molecule has 0 bridgehead atoms. The average molecular weight is 358 g/mol. The van der Waals surface area contributed by atoms with E-state index in [-0.39, 0.29) is 18.7 Å². The summed E-state index contributed by atoms with van der Waals surface area (Å²) in [7, 11) is 0. The lowest BCUT2D eigenvalue weighted by Crippen LogP contribution is -2.43. The Morgan fingerprint density at radius 3 is 2.58 bits per heavy atom. The number of carboxylic acid groups (broad SMARTS) is 1. The van der Waals surface area contributed by atoms with Crippen LogP contribution in [0.25, 0.3) is 0 Å². The van der Waals surface area contributed by atoms with Crippen LogP contribution >= 0.6 is 0 Å². The minimum Gasteiger partial charge on any atom is -0.465 e. The van der Waals surface area contributed by atoms with Gasteiger partial charge in [0.2, 0.25) is 0 Å². The maximum absolute atomic E-state index is 12.6. The molecule has 0 aromatic heterocycles. The van der Waals surface area contributed by atoms with Crippen molar-refractivity contribution < 1.29 is 19.4 Å². The first kappa shape index (κ1) is 18.3. The van der Waals surface area contributed by atoms with Gasteiger partial charge in [0, 0.05) is 31.6 Å². The molecule has 2 aliphatic rings. The molecule has 1 heterocycles. The first-order chi connectivity index (χ1) is 12.6. The third kappa shape index (κ3) is 4.36. The lowest BCUT2D eigenvalue weighted by molar-refractivity contribution is 0.0867. The van der Waals surface area contributed by atoms with E-state index in [0.717, 1.165) is 19.3 Å². The van der Waals surface area contributed by atoms with Gasteiger partial charge in [-0.25, -0.2) is 9.59 Å². The molecule has 0 spiro atoms. The molecule has 1 aliphatic heterocycles. The van der Waals surface area contributed by atoms with Gasteiger partial charge in [-0.2, -0.15) is 0 Å². The number of amides is 2. The summed E-state index contributed by atoms with van der Waals surface area (Å²) in [6.07, 6.45) is 2.91. The Bertz CT molecular complexity index is 640. The molecular weight excluding hydrogens is 332 g/mol. The van der Waals surface area contributed by atoms with E-state index in [9.17, 15) is 9.59 Å². The molecule has 1 saturated carbocycles. The van der Waals surface area contributed by atoms with Gasteiger partial charge in [0.1, 0.15) is 6.61 Å². The molecule has 1 aliphatic carbocycles. The highest BCUT2D eigenvalue weighted by molar-refractivity contribution is 5.69. The number of hydrogen-bond acceptors (Lipinski definition) is 3. The number of hydrogen-bond donors (Lipinski definition) is 1. The van der Waals surface area contributed by atoms with Crippen LogP contribution in [-0.4, -0.2) is 59.4 Å². The average Bonchev–Trinajstić information content (AvgIpc) is 3.45. The number of nitrogens with zero attached hydrogens (tertiary/aromatic N) is 2.